The second-order valence-electron chi connectivity index (χ2n) is 4.91. The lowest BCUT2D eigenvalue weighted by atomic mass is 10.2. The van der Waals surface area contributed by atoms with E-state index in [9.17, 15) is 14.7 Å². The van der Waals surface area contributed by atoms with Crippen molar-refractivity contribution < 1.29 is 14.7 Å². The molecule has 2 rings (SSSR count). The smallest absolute Gasteiger partial charge is 0.327 e. The largest absolute Gasteiger partial charge is 0.480 e. The second kappa shape index (κ2) is 6.26. The Morgan fingerprint density at radius 1 is 1.16 bits per heavy atom. The number of rotatable bonds is 1. The first-order valence-electron chi connectivity index (χ1n) is 6.51. The van der Waals surface area contributed by atoms with Crippen LogP contribution in [0.3, 0.4) is 0 Å². The molecule has 3 unspecified atom stereocenters. The monoisotopic (exact) mass is 304 g/mol. The number of nitrogens with zero attached hydrogens (tertiary/aromatic N) is 2. The number of carbonyl (C=O) groups is 2. The third kappa shape index (κ3) is 3.13. The van der Waals surface area contributed by atoms with Gasteiger partial charge in [-0.15, -0.1) is 0 Å². The first kappa shape index (κ1) is 14.8. The Bertz CT molecular complexity index is 367. The van der Waals surface area contributed by atoms with Crippen molar-refractivity contribution in [3.63, 3.8) is 0 Å². The Kier molecular flexibility index (Phi) is 4.89. The van der Waals surface area contributed by atoms with Gasteiger partial charge in [0.2, 0.25) is 0 Å². The van der Waals surface area contributed by atoms with Crippen LogP contribution in [0.5, 0.6) is 0 Å². The molecule has 2 aliphatic rings. The zero-order valence-electron chi connectivity index (χ0n) is 11.2. The van der Waals surface area contributed by atoms with Crippen LogP contribution in [0.15, 0.2) is 0 Å². The van der Waals surface area contributed by atoms with Crippen molar-refractivity contribution in [2.24, 2.45) is 0 Å². The Morgan fingerprint density at radius 3 is 2.53 bits per heavy atom. The fraction of sp³-hybridized carbons (Fsp3) is 0.833. The zero-order chi connectivity index (χ0) is 14.0. The molecule has 3 atom stereocenters. The van der Waals surface area contributed by atoms with Gasteiger partial charge >= 0.3 is 12.0 Å². The number of carboxylic acids is 1. The minimum atomic E-state index is -0.896. The molecule has 2 heterocycles. The Hall–Kier alpha value is -0.560. The van der Waals surface area contributed by atoms with Gasteiger partial charge in [-0.25, -0.2) is 9.59 Å². The molecule has 0 radical (unpaired) electrons. The first-order chi connectivity index (χ1) is 9.02. The summed E-state index contributed by atoms with van der Waals surface area (Å²) in [5.74, 6) is 1.35. The van der Waals surface area contributed by atoms with Crippen LogP contribution in [0.4, 0.5) is 4.79 Å². The lowest BCUT2D eigenvalue weighted by Gasteiger charge is -2.42. The van der Waals surface area contributed by atoms with Crippen molar-refractivity contribution in [1.29, 1.82) is 0 Å². The summed E-state index contributed by atoms with van der Waals surface area (Å²) < 4.78 is 0. The summed E-state index contributed by atoms with van der Waals surface area (Å²) in [5, 5.41) is 9.65. The molecule has 0 aliphatic carbocycles. The molecule has 0 bridgehead atoms. The molecule has 5 nitrogen and oxygen atoms in total. The third-order valence-corrected chi connectivity index (χ3v) is 6.15. The van der Waals surface area contributed by atoms with Crippen molar-refractivity contribution in [2.75, 3.05) is 30.3 Å². The fourth-order valence-electron chi connectivity index (χ4n) is 2.41. The van der Waals surface area contributed by atoms with Crippen LogP contribution < -0.4 is 0 Å². The second-order valence-corrected chi connectivity index (χ2v) is 7.55. The molecule has 19 heavy (non-hydrogen) atoms. The summed E-state index contributed by atoms with van der Waals surface area (Å²) in [6.45, 7) is 5.41. The Morgan fingerprint density at radius 2 is 1.84 bits per heavy atom. The van der Waals surface area contributed by atoms with E-state index in [0.29, 0.717) is 24.1 Å². The number of carboxylic acid groups (broad SMARTS) is 1. The van der Waals surface area contributed by atoms with Gasteiger partial charge in [0.25, 0.3) is 0 Å². The van der Waals surface area contributed by atoms with E-state index in [2.05, 4.69) is 6.92 Å². The van der Waals surface area contributed by atoms with E-state index < -0.39 is 12.0 Å². The number of amides is 2. The van der Waals surface area contributed by atoms with Gasteiger partial charge in [0.1, 0.15) is 6.04 Å². The lowest BCUT2D eigenvalue weighted by Crippen LogP contribution is -2.59. The van der Waals surface area contributed by atoms with Crippen LogP contribution in [0.1, 0.15) is 13.8 Å². The van der Waals surface area contributed by atoms with Crippen molar-refractivity contribution >= 4 is 35.5 Å². The van der Waals surface area contributed by atoms with Crippen LogP contribution in [0.25, 0.3) is 0 Å². The molecule has 0 aromatic heterocycles. The summed E-state index contributed by atoms with van der Waals surface area (Å²) >= 11 is 3.47. The molecule has 7 heteroatoms. The van der Waals surface area contributed by atoms with Gasteiger partial charge in [0.05, 0.1) is 0 Å². The molecule has 0 aromatic carbocycles. The van der Waals surface area contributed by atoms with E-state index in [1.54, 1.807) is 11.8 Å². The molecular formula is C12H20N2O3S2. The third-order valence-electron chi connectivity index (χ3n) is 3.79. The molecule has 2 saturated heterocycles. The number of aliphatic carboxylic acids is 1. The topological polar surface area (TPSA) is 60.9 Å². The molecule has 2 fully saturated rings. The zero-order valence-corrected chi connectivity index (χ0v) is 12.9. The first-order valence-corrected chi connectivity index (χ1v) is 8.72. The van der Waals surface area contributed by atoms with Gasteiger partial charge in [0.15, 0.2) is 0 Å². The minimum Gasteiger partial charge on any atom is -0.480 e. The summed E-state index contributed by atoms with van der Waals surface area (Å²) in [4.78, 5) is 27.2. The van der Waals surface area contributed by atoms with E-state index in [-0.39, 0.29) is 12.1 Å². The van der Waals surface area contributed by atoms with E-state index >= 15 is 0 Å². The number of thioether (sulfide) groups is 2. The highest BCUT2D eigenvalue weighted by molar-refractivity contribution is 8.00. The summed E-state index contributed by atoms with van der Waals surface area (Å²) in [7, 11) is 0. The maximum Gasteiger partial charge on any atom is 0.327 e. The normalized spacial score (nSPS) is 32.2. The lowest BCUT2D eigenvalue weighted by molar-refractivity contribution is -0.141. The van der Waals surface area contributed by atoms with E-state index in [1.165, 1.54) is 4.90 Å². The highest BCUT2D eigenvalue weighted by atomic mass is 32.2. The molecule has 1 N–H and O–H groups in total. The predicted molar refractivity (Wildman–Crippen MR) is 78.9 cm³/mol. The number of hydrogen-bond donors (Lipinski definition) is 1. The number of carbonyl (C=O) groups excluding carboxylic acids is 1. The van der Waals surface area contributed by atoms with Gasteiger partial charge in [-0.2, -0.15) is 23.5 Å². The van der Waals surface area contributed by atoms with Crippen LogP contribution in [0.2, 0.25) is 0 Å². The fourth-order valence-corrected chi connectivity index (χ4v) is 4.54. The van der Waals surface area contributed by atoms with Gasteiger partial charge in [-0.1, -0.05) is 6.92 Å². The van der Waals surface area contributed by atoms with Crippen LogP contribution in [-0.4, -0.2) is 74.6 Å². The van der Waals surface area contributed by atoms with Gasteiger partial charge in [-0.05, 0) is 6.92 Å². The molecular weight excluding hydrogens is 284 g/mol. The quantitative estimate of drug-likeness (QED) is 0.794. The number of hydrogen-bond acceptors (Lipinski definition) is 4. The molecule has 108 valence electrons. The molecule has 0 aromatic rings. The van der Waals surface area contributed by atoms with Gasteiger partial charge < -0.3 is 14.9 Å². The molecule has 2 amide bonds. The SMILES string of the molecule is CC1SCCN(C(=O)N2CCSCC2C(=O)O)C1C. The van der Waals surface area contributed by atoms with Crippen LogP contribution >= 0.6 is 23.5 Å². The van der Waals surface area contributed by atoms with Crippen molar-refractivity contribution in [2.45, 2.75) is 31.2 Å². The summed E-state index contributed by atoms with van der Waals surface area (Å²) in [6, 6.07) is -0.619. The Balaban J connectivity index is 2.10. The van der Waals surface area contributed by atoms with Crippen molar-refractivity contribution in [3.8, 4) is 0 Å². The maximum absolute atomic E-state index is 12.6. The maximum atomic E-state index is 12.6. The molecule has 2 aliphatic heterocycles. The van der Waals surface area contributed by atoms with Crippen molar-refractivity contribution in [3.05, 3.63) is 0 Å². The summed E-state index contributed by atoms with van der Waals surface area (Å²) in [6.07, 6.45) is 0. The van der Waals surface area contributed by atoms with Crippen LogP contribution in [0, 0.1) is 0 Å². The van der Waals surface area contributed by atoms with Crippen LogP contribution in [-0.2, 0) is 4.79 Å². The summed E-state index contributed by atoms with van der Waals surface area (Å²) in [5.41, 5.74) is 0. The minimum absolute atomic E-state index is 0.104. The van der Waals surface area contributed by atoms with E-state index in [1.807, 2.05) is 23.6 Å². The standard InChI is InChI=1S/C12H20N2O3S2/c1-8-9(2)19-6-4-13(8)12(17)14-3-5-18-7-10(14)11(15)16/h8-10H,3-7H2,1-2H3,(H,15,16). The van der Waals surface area contributed by atoms with E-state index in [0.717, 1.165) is 11.5 Å². The van der Waals surface area contributed by atoms with Gasteiger partial charge in [-0.3, -0.25) is 0 Å². The van der Waals surface area contributed by atoms with Crippen molar-refractivity contribution in [1.82, 2.24) is 9.80 Å². The average Bonchev–Trinajstić information content (AvgIpc) is 2.41. The predicted octanol–water partition coefficient (Wildman–Crippen LogP) is 1.43. The average molecular weight is 304 g/mol. The van der Waals surface area contributed by atoms with E-state index in [4.69, 9.17) is 0 Å². The van der Waals surface area contributed by atoms with Gasteiger partial charge in [0, 0.05) is 41.6 Å². The Labute approximate surface area is 122 Å². The molecule has 0 spiro atoms. The number of urea groups is 1. The molecule has 0 saturated carbocycles. The highest BCUT2D eigenvalue weighted by Crippen LogP contribution is 2.27. The highest BCUT2D eigenvalue weighted by Gasteiger charge is 2.38.